The van der Waals surface area contributed by atoms with Crippen LogP contribution in [0, 0.1) is 5.82 Å². The maximum Gasteiger partial charge on any atom is 0.307 e. The molecule has 1 amide bonds. The van der Waals surface area contributed by atoms with Crippen molar-refractivity contribution >= 4 is 28.7 Å². The molecule has 0 aliphatic carbocycles. The number of aromatic hydroxyl groups is 1. The molecule has 1 heterocycles. The standard InChI is InChI=1S/C31H25FN2O6S/c1-39-28-24(9-5-11-26(28)40-18-20-7-4-6-19(16-20)17-27(36)37)31-34(30(38)23-8-2-3-10-25(23)35)33-29(41-31)21-12-14-22(32)15-13-21/h2-16,31,35H,17-18H2,1H3,(H,36,37). The Hall–Kier alpha value is -4.83. The number of carbonyl (C=O) groups is 2. The molecule has 8 nitrogen and oxygen atoms in total. The molecule has 0 saturated carbocycles. The molecular weight excluding hydrogens is 547 g/mol. The maximum atomic E-state index is 13.7. The van der Waals surface area contributed by atoms with Crippen molar-refractivity contribution in [1.82, 2.24) is 5.01 Å². The molecule has 0 aromatic heterocycles. The van der Waals surface area contributed by atoms with Crippen LogP contribution >= 0.6 is 11.8 Å². The van der Waals surface area contributed by atoms with Gasteiger partial charge in [-0.15, -0.1) is 0 Å². The molecule has 5 rings (SSSR count). The number of hydrogen-bond acceptors (Lipinski definition) is 7. The number of phenolic OH excluding ortho intramolecular Hbond substituents is 1. The number of halogens is 1. The molecule has 0 radical (unpaired) electrons. The topological polar surface area (TPSA) is 109 Å². The summed E-state index contributed by atoms with van der Waals surface area (Å²) in [5, 5.41) is 25.1. The number of nitrogens with zero attached hydrogens (tertiary/aromatic N) is 2. The molecule has 1 unspecified atom stereocenters. The van der Waals surface area contributed by atoms with Crippen molar-refractivity contribution < 1.29 is 33.7 Å². The van der Waals surface area contributed by atoms with Crippen LogP contribution in [0.5, 0.6) is 17.2 Å². The van der Waals surface area contributed by atoms with Crippen molar-refractivity contribution in [3.63, 3.8) is 0 Å². The predicted molar refractivity (Wildman–Crippen MR) is 153 cm³/mol. The summed E-state index contributed by atoms with van der Waals surface area (Å²) in [6, 6.07) is 24.5. The van der Waals surface area contributed by atoms with Gasteiger partial charge in [-0.25, -0.2) is 9.40 Å². The normalized spacial score (nSPS) is 14.4. The number of benzene rings is 4. The summed E-state index contributed by atoms with van der Waals surface area (Å²) in [5.41, 5.74) is 2.74. The zero-order valence-electron chi connectivity index (χ0n) is 21.9. The zero-order valence-corrected chi connectivity index (χ0v) is 22.7. The fourth-order valence-corrected chi connectivity index (χ4v) is 5.57. The first kappa shape index (κ1) is 27.7. The molecule has 4 aromatic rings. The molecule has 4 aromatic carbocycles. The van der Waals surface area contributed by atoms with Crippen molar-refractivity contribution in [2.75, 3.05) is 7.11 Å². The lowest BCUT2D eigenvalue weighted by Crippen LogP contribution is -2.26. The third-order valence-corrected chi connectivity index (χ3v) is 7.52. The fraction of sp³-hybridized carbons (Fsp3) is 0.129. The van der Waals surface area contributed by atoms with E-state index in [1.807, 2.05) is 6.07 Å². The molecule has 1 atom stereocenters. The molecule has 10 heteroatoms. The summed E-state index contributed by atoms with van der Waals surface area (Å²) < 4.78 is 25.5. The fourth-order valence-electron chi connectivity index (χ4n) is 4.40. The second kappa shape index (κ2) is 12.1. The highest BCUT2D eigenvalue weighted by Crippen LogP contribution is 2.48. The zero-order chi connectivity index (χ0) is 28.9. The molecule has 1 aliphatic heterocycles. The summed E-state index contributed by atoms with van der Waals surface area (Å²) >= 11 is 1.28. The summed E-state index contributed by atoms with van der Waals surface area (Å²) in [7, 11) is 1.50. The number of methoxy groups -OCH3 is 1. The number of para-hydroxylation sites is 2. The van der Waals surface area contributed by atoms with Crippen molar-refractivity contribution in [3.8, 4) is 17.2 Å². The monoisotopic (exact) mass is 572 g/mol. The Balaban J connectivity index is 1.48. The highest BCUT2D eigenvalue weighted by atomic mass is 32.2. The van der Waals surface area contributed by atoms with Gasteiger partial charge in [0.05, 0.1) is 19.1 Å². The highest BCUT2D eigenvalue weighted by molar-refractivity contribution is 8.14. The van der Waals surface area contributed by atoms with Gasteiger partial charge in [0.15, 0.2) is 11.5 Å². The minimum absolute atomic E-state index is 0.0785. The van der Waals surface area contributed by atoms with Crippen LogP contribution in [0.4, 0.5) is 4.39 Å². The van der Waals surface area contributed by atoms with E-state index in [2.05, 4.69) is 5.10 Å². The second-order valence-electron chi connectivity index (χ2n) is 9.11. The lowest BCUT2D eigenvalue weighted by atomic mass is 10.1. The van der Waals surface area contributed by atoms with Crippen LogP contribution in [0.25, 0.3) is 0 Å². The third kappa shape index (κ3) is 6.17. The quantitative estimate of drug-likeness (QED) is 0.253. The van der Waals surface area contributed by atoms with E-state index in [-0.39, 0.29) is 24.3 Å². The lowest BCUT2D eigenvalue weighted by Gasteiger charge is -2.24. The van der Waals surface area contributed by atoms with Crippen LogP contribution in [0.3, 0.4) is 0 Å². The Kier molecular flexibility index (Phi) is 8.21. The number of hydrazone groups is 1. The number of amides is 1. The molecular formula is C31H25FN2O6S. The molecule has 0 bridgehead atoms. The van der Waals surface area contributed by atoms with E-state index in [9.17, 15) is 19.1 Å². The van der Waals surface area contributed by atoms with E-state index < -0.39 is 23.1 Å². The molecule has 41 heavy (non-hydrogen) atoms. The largest absolute Gasteiger partial charge is 0.507 e. The Morgan fingerprint density at radius 1 is 0.976 bits per heavy atom. The van der Waals surface area contributed by atoms with Gasteiger partial charge in [0.1, 0.15) is 28.6 Å². The number of hydrogen-bond donors (Lipinski definition) is 2. The Labute approximate surface area is 239 Å². The average Bonchev–Trinajstić information content (AvgIpc) is 3.41. The average molecular weight is 573 g/mol. The predicted octanol–water partition coefficient (Wildman–Crippen LogP) is 6.00. The Bertz CT molecular complexity index is 1630. The number of rotatable bonds is 9. The first-order chi connectivity index (χ1) is 19.8. The summed E-state index contributed by atoms with van der Waals surface area (Å²) in [4.78, 5) is 24.8. The van der Waals surface area contributed by atoms with Gasteiger partial charge in [0.2, 0.25) is 0 Å². The van der Waals surface area contributed by atoms with E-state index in [4.69, 9.17) is 14.6 Å². The second-order valence-corrected chi connectivity index (χ2v) is 10.2. The van der Waals surface area contributed by atoms with Gasteiger partial charge in [-0.05, 0) is 53.6 Å². The van der Waals surface area contributed by atoms with E-state index in [1.165, 1.54) is 48.1 Å². The Morgan fingerprint density at radius 2 is 1.71 bits per heavy atom. The van der Waals surface area contributed by atoms with Gasteiger partial charge in [0, 0.05) is 11.1 Å². The number of carboxylic acid groups (broad SMARTS) is 1. The first-order valence-corrected chi connectivity index (χ1v) is 13.4. The van der Waals surface area contributed by atoms with Crippen LogP contribution in [0.1, 0.15) is 38.0 Å². The minimum atomic E-state index is -0.920. The SMILES string of the molecule is COc1c(OCc2cccc(CC(=O)O)c2)cccc1C1SC(c2ccc(F)cc2)=NN1C(=O)c1ccccc1O. The molecule has 0 saturated heterocycles. The van der Waals surface area contributed by atoms with Gasteiger partial charge >= 0.3 is 5.97 Å². The number of aliphatic carboxylic acids is 1. The van der Waals surface area contributed by atoms with Crippen molar-refractivity contribution in [1.29, 1.82) is 0 Å². The summed E-state index contributed by atoms with van der Waals surface area (Å²) in [6.45, 7) is 0.156. The Morgan fingerprint density at radius 3 is 2.44 bits per heavy atom. The van der Waals surface area contributed by atoms with E-state index in [0.29, 0.717) is 33.2 Å². The molecule has 208 valence electrons. The summed E-state index contributed by atoms with van der Waals surface area (Å²) in [6.07, 6.45) is -0.0945. The van der Waals surface area contributed by atoms with Crippen molar-refractivity contribution in [3.05, 3.63) is 125 Å². The number of carbonyl (C=O) groups excluding carboxylic acids is 1. The van der Waals surface area contributed by atoms with E-state index >= 15 is 0 Å². The molecule has 0 spiro atoms. The van der Waals surface area contributed by atoms with Crippen LogP contribution in [0.2, 0.25) is 0 Å². The molecule has 1 aliphatic rings. The van der Waals surface area contributed by atoms with Crippen molar-refractivity contribution in [2.45, 2.75) is 18.4 Å². The lowest BCUT2D eigenvalue weighted by molar-refractivity contribution is -0.136. The summed E-state index contributed by atoms with van der Waals surface area (Å²) in [5.74, 6) is -1.22. The smallest absolute Gasteiger partial charge is 0.307 e. The number of thioether (sulfide) groups is 1. The van der Waals surface area contributed by atoms with Gasteiger partial charge in [-0.2, -0.15) is 5.10 Å². The molecule has 2 N–H and O–H groups in total. The van der Waals surface area contributed by atoms with Gasteiger partial charge in [0.25, 0.3) is 5.91 Å². The van der Waals surface area contributed by atoms with Gasteiger partial charge in [-0.3, -0.25) is 9.59 Å². The molecule has 0 fully saturated rings. The van der Waals surface area contributed by atoms with Crippen LogP contribution in [-0.2, 0) is 17.8 Å². The van der Waals surface area contributed by atoms with Gasteiger partial charge in [-0.1, -0.05) is 60.3 Å². The van der Waals surface area contributed by atoms with Crippen LogP contribution in [0.15, 0.2) is 96.1 Å². The van der Waals surface area contributed by atoms with Crippen molar-refractivity contribution in [2.24, 2.45) is 5.10 Å². The third-order valence-electron chi connectivity index (χ3n) is 6.30. The number of phenols is 1. The minimum Gasteiger partial charge on any atom is -0.507 e. The number of ether oxygens (including phenoxy) is 2. The maximum absolute atomic E-state index is 13.7. The van der Waals surface area contributed by atoms with E-state index in [1.54, 1.807) is 60.7 Å². The van der Waals surface area contributed by atoms with E-state index in [0.717, 1.165) is 5.56 Å². The highest BCUT2D eigenvalue weighted by Gasteiger charge is 2.37. The van der Waals surface area contributed by atoms with Gasteiger partial charge < -0.3 is 19.7 Å². The first-order valence-electron chi connectivity index (χ1n) is 12.6. The van der Waals surface area contributed by atoms with Crippen LogP contribution < -0.4 is 9.47 Å². The van der Waals surface area contributed by atoms with Crippen LogP contribution in [-0.4, -0.2) is 39.3 Å². The number of carboxylic acids is 1.